The van der Waals surface area contributed by atoms with Crippen LogP contribution in [-0.4, -0.2) is 52.4 Å². The molecule has 2 fully saturated rings. The van der Waals surface area contributed by atoms with Crippen molar-refractivity contribution in [2.75, 3.05) is 20.1 Å². The van der Waals surface area contributed by atoms with Gasteiger partial charge in [-0.2, -0.15) is 0 Å². The van der Waals surface area contributed by atoms with Crippen LogP contribution in [0.2, 0.25) is 0 Å². The van der Waals surface area contributed by atoms with Gasteiger partial charge in [0.2, 0.25) is 5.91 Å². The first-order chi connectivity index (χ1) is 12.5. The number of hydrogen-bond acceptors (Lipinski definition) is 4. The van der Waals surface area contributed by atoms with Crippen LogP contribution in [0.4, 0.5) is 0 Å². The molecule has 2 aromatic rings. The molecule has 6 nitrogen and oxygen atoms in total. The smallest absolute Gasteiger partial charge is 0.276 e. The number of carbonyl (C=O) groups excluding carboxylic acids is 2. The van der Waals surface area contributed by atoms with Crippen molar-refractivity contribution in [3.63, 3.8) is 0 Å². The number of nitrogens with zero attached hydrogens (tertiary/aromatic N) is 3. The molecule has 1 spiro atoms. The second kappa shape index (κ2) is 6.27. The molecule has 0 aliphatic carbocycles. The molecule has 1 aromatic heterocycles. The molecule has 1 aromatic carbocycles. The van der Waals surface area contributed by atoms with E-state index in [1.54, 1.807) is 13.0 Å². The molecule has 3 heterocycles. The fourth-order valence-electron chi connectivity index (χ4n) is 4.31. The first-order valence-corrected chi connectivity index (χ1v) is 9.05. The molecule has 0 saturated carbocycles. The van der Waals surface area contributed by atoms with Crippen molar-refractivity contribution in [3.8, 4) is 0 Å². The predicted molar refractivity (Wildman–Crippen MR) is 95.7 cm³/mol. The second-order valence-corrected chi connectivity index (χ2v) is 7.40. The molecular weight excluding hydrogens is 330 g/mol. The van der Waals surface area contributed by atoms with Crippen LogP contribution in [0.3, 0.4) is 0 Å². The van der Waals surface area contributed by atoms with Crippen LogP contribution < -0.4 is 0 Å². The van der Waals surface area contributed by atoms with Gasteiger partial charge in [-0.1, -0.05) is 35.5 Å². The van der Waals surface area contributed by atoms with Crippen molar-refractivity contribution >= 4 is 11.8 Å². The maximum atomic E-state index is 12.8. The Kier molecular flexibility index (Phi) is 4.05. The van der Waals surface area contributed by atoms with Gasteiger partial charge in [0.1, 0.15) is 5.76 Å². The first-order valence-electron chi connectivity index (χ1n) is 9.05. The molecule has 0 bridgehead atoms. The summed E-state index contributed by atoms with van der Waals surface area (Å²) in [5.41, 5.74) is 1.28. The van der Waals surface area contributed by atoms with E-state index in [-0.39, 0.29) is 23.3 Å². The summed E-state index contributed by atoms with van der Waals surface area (Å²) in [6, 6.07) is 11.7. The van der Waals surface area contributed by atoms with Crippen LogP contribution in [0.15, 0.2) is 40.9 Å². The molecular formula is C20H23N3O3. The van der Waals surface area contributed by atoms with Crippen molar-refractivity contribution in [2.24, 2.45) is 0 Å². The van der Waals surface area contributed by atoms with Gasteiger partial charge in [0.15, 0.2) is 5.69 Å². The van der Waals surface area contributed by atoms with Gasteiger partial charge < -0.3 is 14.3 Å². The Labute approximate surface area is 152 Å². The van der Waals surface area contributed by atoms with Gasteiger partial charge in [-0.3, -0.25) is 9.59 Å². The molecule has 4 rings (SSSR count). The van der Waals surface area contributed by atoms with Crippen molar-refractivity contribution in [2.45, 2.75) is 37.6 Å². The summed E-state index contributed by atoms with van der Waals surface area (Å²) in [5, 5.41) is 3.83. The topological polar surface area (TPSA) is 66.7 Å². The Bertz CT molecular complexity index is 822. The van der Waals surface area contributed by atoms with E-state index in [2.05, 4.69) is 5.16 Å². The monoisotopic (exact) mass is 353 g/mol. The van der Waals surface area contributed by atoms with Gasteiger partial charge in [0.05, 0.1) is 5.92 Å². The van der Waals surface area contributed by atoms with E-state index in [0.717, 1.165) is 24.8 Å². The number of hydrogen-bond donors (Lipinski definition) is 0. The van der Waals surface area contributed by atoms with Crippen LogP contribution >= 0.6 is 0 Å². The van der Waals surface area contributed by atoms with Crippen LogP contribution in [0.1, 0.15) is 47.0 Å². The molecule has 0 N–H and O–H groups in total. The quantitative estimate of drug-likeness (QED) is 0.832. The molecule has 2 amide bonds. The Morgan fingerprint density at radius 3 is 2.54 bits per heavy atom. The molecule has 136 valence electrons. The molecule has 2 aliphatic rings. The molecule has 2 saturated heterocycles. The summed E-state index contributed by atoms with van der Waals surface area (Å²) >= 11 is 0. The Morgan fingerprint density at radius 2 is 1.92 bits per heavy atom. The number of aryl methyl sites for hydroxylation is 1. The minimum Gasteiger partial charge on any atom is -0.361 e. The summed E-state index contributed by atoms with van der Waals surface area (Å²) < 4.78 is 5.01. The van der Waals surface area contributed by atoms with Crippen molar-refractivity contribution in [1.29, 1.82) is 0 Å². The molecule has 0 unspecified atom stereocenters. The van der Waals surface area contributed by atoms with Crippen LogP contribution in [0.5, 0.6) is 0 Å². The van der Waals surface area contributed by atoms with Crippen LogP contribution in [0.25, 0.3) is 0 Å². The number of carbonyl (C=O) groups is 2. The zero-order valence-corrected chi connectivity index (χ0v) is 15.1. The zero-order valence-electron chi connectivity index (χ0n) is 15.1. The maximum Gasteiger partial charge on any atom is 0.276 e. The number of likely N-dealkylation sites (tertiary alicyclic amines) is 2. The molecule has 2 aliphatic heterocycles. The highest BCUT2D eigenvalue weighted by Crippen LogP contribution is 2.44. The molecule has 6 heteroatoms. The lowest BCUT2D eigenvalue weighted by atomic mass is 9.81. The largest absolute Gasteiger partial charge is 0.361 e. The lowest BCUT2D eigenvalue weighted by Gasteiger charge is -2.43. The normalized spacial score (nSPS) is 22.2. The lowest BCUT2D eigenvalue weighted by molar-refractivity contribution is -0.131. The third-order valence-corrected chi connectivity index (χ3v) is 5.95. The number of aromatic nitrogens is 1. The standard InChI is InChI=1S/C20H23N3O3/c1-14-12-17(21-26-14)19(25)23-10-8-20(9-11-23)13-16(18(24)22(20)2)15-6-4-3-5-7-15/h3-7,12,16H,8-11,13H2,1-2H3/t16-/m1/s1. The van der Waals surface area contributed by atoms with Gasteiger partial charge in [0.25, 0.3) is 5.91 Å². The first kappa shape index (κ1) is 16.8. The van der Waals surface area contributed by atoms with Crippen LogP contribution in [0, 0.1) is 6.92 Å². The number of rotatable bonds is 2. The number of likely N-dealkylation sites (N-methyl/N-ethyl adjacent to an activating group) is 1. The minimum absolute atomic E-state index is 0.0818. The van der Waals surface area contributed by atoms with E-state index in [9.17, 15) is 9.59 Å². The Hall–Kier alpha value is -2.63. The average Bonchev–Trinajstić information content (AvgIpc) is 3.20. The van der Waals surface area contributed by atoms with E-state index in [0.29, 0.717) is 24.5 Å². The van der Waals surface area contributed by atoms with Gasteiger partial charge in [-0.05, 0) is 31.7 Å². The number of amides is 2. The highest BCUT2D eigenvalue weighted by Gasteiger charge is 2.50. The van der Waals surface area contributed by atoms with E-state index < -0.39 is 0 Å². The highest BCUT2D eigenvalue weighted by molar-refractivity contribution is 5.92. The van der Waals surface area contributed by atoms with Crippen molar-refractivity contribution < 1.29 is 14.1 Å². The fourth-order valence-corrected chi connectivity index (χ4v) is 4.31. The summed E-state index contributed by atoms with van der Waals surface area (Å²) in [6.45, 7) is 3.03. The van der Waals surface area contributed by atoms with Gasteiger partial charge in [-0.15, -0.1) is 0 Å². The number of benzene rings is 1. The molecule has 0 radical (unpaired) electrons. The Morgan fingerprint density at radius 1 is 1.23 bits per heavy atom. The summed E-state index contributed by atoms with van der Waals surface area (Å²) in [7, 11) is 1.91. The van der Waals surface area contributed by atoms with E-state index in [1.165, 1.54) is 0 Å². The van der Waals surface area contributed by atoms with Crippen molar-refractivity contribution in [3.05, 3.63) is 53.4 Å². The van der Waals surface area contributed by atoms with Gasteiger partial charge in [0, 0.05) is 31.7 Å². The predicted octanol–water partition coefficient (Wildman–Crippen LogP) is 2.60. The van der Waals surface area contributed by atoms with Gasteiger partial charge in [-0.25, -0.2) is 0 Å². The van der Waals surface area contributed by atoms with Gasteiger partial charge >= 0.3 is 0 Å². The zero-order chi connectivity index (χ0) is 18.3. The second-order valence-electron chi connectivity index (χ2n) is 7.40. The summed E-state index contributed by atoms with van der Waals surface area (Å²) in [4.78, 5) is 29.2. The minimum atomic E-state index is -0.159. The summed E-state index contributed by atoms with van der Waals surface area (Å²) in [6.07, 6.45) is 2.40. The van der Waals surface area contributed by atoms with E-state index in [4.69, 9.17) is 4.52 Å². The molecule has 26 heavy (non-hydrogen) atoms. The van der Waals surface area contributed by atoms with Crippen molar-refractivity contribution in [1.82, 2.24) is 15.0 Å². The highest BCUT2D eigenvalue weighted by atomic mass is 16.5. The number of piperidine rings is 1. The lowest BCUT2D eigenvalue weighted by Crippen LogP contribution is -2.52. The SMILES string of the molecule is Cc1cc(C(=O)N2CCC3(CC2)C[C@H](c2ccccc2)C(=O)N3C)no1. The fraction of sp³-hybridized carbons (Fsp3) is 0.450. The maximum absolute atomic E-state index is 12.8. The van der Waals surface area contributed by atoms with Crippen LogP contribution in [-0.2, 0) is 4.79 Å². The van der Waals surface area contributed by atoms with E-state index in [1.807, 2.05) is 47.2 Å². The third kappa shape index (κ3) is 2.69. The molecule has 1 atom stereocenters. The van der Waals surface area contributed by atoms with E-state index >= 15 is 0 Å². The summed E-state index contributed by atoms with van der Waals surface area (Å²) in [5.74, 6) is 0.640. The average molecular weight is 353 g/mol. The third-order valence-electron chi connectivity index (χ3n) is 5.95. The Balaban J connectivity index is 1.48.